The van der Waals surface area contributed by atoms with Crippen molar-refractivity contribution in [3.05, 3.63) is 11.1 Å². The minimum Gasteiger partial charge on any atom is -0.463 e. The lowest BCUT2D eigenvalue weighted by Gasteiger charge is -2.55. The molecule has 0 aromatic carbocycles. The summed E-state index contributed by atoms with van der Waals surface area (Å²) >= 11 is 0. The fraction of sp³-hybridized carbons (Fsp3) is 0.897. The molecule has 0 bridgehead atoms. The van der Waals surface area contributed by atoms with E-state index in [1.807, 2.05) is 11.1 Å². The number of ether oxygens (including phenoxy) is 1. The lowest BCUT2D eigenvalue weighted by atomic mass is 9.50. The van der Waals surface area contributed by atoms with E-state index in [9.17, 15) is 4.79 Å². The number of carbonyl (C=O) groups is 1. The van der Waals surface area contributed by atoms with Gasteiger partial charge >= 0.3 is 5.97 Å². The molecule has 7 unspecified atom stereocenters. The van der Waals surface area contributed by atoms with Crippen molar-refractivity contribution in [3.63, 3.8) is 0 Å². The van der Waals surface area contributed by atoms with Crippen molar-refractivity contribution in [2.24, 2.45) is 40.4 Å². The molecular formula is C29H48O2. The average molecular weight is 429 g/mol. The van der Waals surface area contributed by atoms with Gasteiger partial charge in [-0.15, -0.1) is 0 Å². The molecule has 4 aliphatic rings. The van der Waals surface area contributed by atoms with Gasteiger partial charge in [-0.2, -0.15) is 0 Å². The van der Waals surface area contributed by atoms with Crippen LogP contribution in [0.15, 0.2) is 11.1 Å². The van der Waals surface area contributed by atoms with E-state index >= 15 is 0 Å². The van der Waals surface area contributed by atoms with Gasteiger partial charge in [0.1, 0.15) is 6.10 Å². The SMILES string of the molecule is CC(=O)OC1CCC2(C)C3=C(CCC2C1)C1CCC(C(C)CCCC(C)C)C1(C)CC3. The Labute approximate surface area is 192 Å². The van der Waals surface area contributed by atoms with Crippen LogP contribution in [0, 0.1) is 40.4 Å². The van der Waals surface area contributed by atoms with Crippen molar-refractivity contribution >= 4 is 5.97 Å². The molecule has 0 heterocycles. The van der Waals surface area contributed by atoms with Gasteiger partial charge in [-0.05, 0) is 98.2 Å². The highest BCUT2D eigenvalue weighted by Crippen LogP contribution is 2.66. The molecule has 2 fully saturated rings. The Bertz CT molecular complexity index is 706. The highest BCUT2D eigenvalue weighted by atomic mass is 16.5. The number of hydrogen-bond donors (Lipinski definition) is 0. The summed E-state index contributed by atoms with van der Waals surface area (Å²) in [6.45, 7) is 14.1. The number of hydrogen-bond acceptors (Lipinski definition) is 2. The zero-order valence-corrected chi connectivity index (χ0v) is 21.3. The first kappa shape index (κ1) is 23.4. The number of fused-ring (bicyclic) bond motifs is 4. The van der Waals surface area contributed by atoms with Gasteiger partial charge in [0.15, 0.2) is 0 Å². The molecule has 0 aliphatic heterocycles. The molecule has 7 atom stereocenters. The second-order valence-electron chi connectivity index (χ2n) is 12.7. The summed E-state index contributed by atoms with van der Waals surface area (Å²) in [5, 5.41) is 0. The lowest BCUT2D eigenvalue weighted by molar-refractivity contribution is -0.150. The highest BCUT2D eigenvalue weighted by molar-refractivity contribution is 5.66. The third-order valence-corrected chi connectivity index (χ3v) is 10.5. The zero-order valence-electron chi connectivity index (χ0n) is 21.3. The van der Waals surface area contributed by atoms with E-state index in [4.69, 9.17) is 4.74 Å². The van der Waals surface area contributed by atoms with Crippen LogP contribution in [0.3, 0.4) is 0 Å². The predicted molar refractivity (Wildman–Crippen MR) is 129 cm³/mol. The van der Waals surface area contributed by atoms with Gasteiger partial charge in [-0.1, -0.05) is 65.0 Å². The molecule has 4 aliphatic carbocycles. The van der Waals surface area contributed by atoms with Crippen molar-refractivity contribution in [1.82, 2.24) is 0 Å². The molecule has 0 saturated heterocycles. The molecule has 0 aromatic rings. The molecule has 0 aromatic heterocycles. The van der Waals surface area contributed by atoms with Crippen LogP contribution in [0.4, 0.5) is 0 Å². The largest absolute Gasteiger partial charge is 0.463 e. The molecule has 31 heavy (non-hydrogen) atoms. The van der Waals surface area contributed by atoms with E-state index in [1.165, 1.54) is 64.2 Å². The fourth-order valence-electron chi connectivity index (χ4n) is 8.79. The Morgan fingerprint density at radius 1 is 1.03 bits per heavy atom. The monoisotopic (exact) mass is 428 g/mol. The van der Waals surface area contributed by atoms with Gasteiger partial charge in [-0.25, -0.2) is 0 Å². The van der Waals surface area contributed by atoms with Gasteiger partial charge < -0.3 is 4.74 Å². The van der Waals surface area contributed by atoms with Crippen molar-refractivity contribution in [2.45, 2.75) is 125 Å². The Balaban J connectivity index is 1.49. The fourth-order valence-corrected chi connectivity index (χ4v) is 8.79. The van der Waals surface area contributed by atoms with E-state index in [0.717, 1.165) is 36.5 Å². The number of esters is 1. The second-order valence-corrected chi connectivity index (χ2v) is 12.7. The molecule has 2 nitrogen and oxygen atoms in total. The van der Waals surface area contributed by atoms with Crippen molar-refractivity contribution in [2.75, 3.05) is 0 Å². The first-order chi connectivity index (χ1) is 14.6. The summed E-state index contributed by atoms with van der Waals surface area (Å²) < 4.78 is 5.64. The number of carbonyl (C=O) groups excluding carboxylic acids is 1. The maximum atomic E-state index is 11.5. The van der Waals surface area contributed by atoms with Crippen molar-refractivity contribution < 1.29 is 9.53 Å². The Morgan fingerprint density at radius 3 is 2.52 bits per heavy atom. The van der Waals surface area contributed by atoms with E-state index < -0.39 is 0 Å². The summed E-state index contributed by atoms with van der Waals surface area (Å²) in [5.74, 6) is 4.09. The van der Waals surface area contributed by atoms with Crippen LogP contribution in [0.5, 0.6) is 0 Å². The molecule has 0 N–H and O–H groups in total. The standard InChI is InChI=1S/C29H48O2/c1-19(2)8-7-9-20(3)25-12-13-26-24-11-10-22-18-23(31-21(4)30)14-16-28(22,5)27(24)15-17-29(25,26)6/h19-20,22-23,25-26H,7-18H2,1-6H3. The smallest absolute Gasteiger partial charge is 0.302 e. The van der Waals surface area contributed by atoms with Crippen LogP contribution in [0.1, 0.15) is 119 Å². The Kier molecular flexibility index (Phi) is 6.68. The van der Waals surface area contributed by atoms with E-state index in [2.05, 4.69) is 34.6 Å². The van der Waals surface area contributed by atoms with Crippen LogP contribution >= 0.6 is 0 Å². The molecule has 2 heteroatoms. The van der Waals surface area contributed by atoms with E-state index in [0.29, 0.717) is 16.7 Å². The summed E-state index contributed by atoms with van der Waals surface area (Å²) in [7, 11) is 0. The molecule has 0 radical (unpaired) electrons. The van der Waals surface area contributed by atoms with Gasteiger partial charge in [0.05, 0.1) is 0 Å². The predicted octanol–water partition coefficient (Wildman–Crippen LogP) is 8.10. The molecule has 176 valence electrons. The van der Waals surface area contributed by atoms with Gasteiger partial charge in [0, 0.05) is 6.92 Å². The quantitative estimate of drug-likeness (QED) is 0.315. The van der Waals surface area contributed by atoms with Crippen molar-refractivity contribution in [1.29, 1.82) is 0 Å². The first-order valence-electron chi connectivity index (χ1n) is 13.5. The summed E-state index contributed by atoms with van der Waals surface area (Å²) in [6.07, 6.45) is 16.0. The number of rotatable bonds is 6. The molecule has 2 saturated carbocycles. The van der Waals surface area contributed by atoms with Crippen molar-refractivity contribution in [3.8, 4) is 0 Å². The average Bonchev–Trinajstić information content (AvgIpc) is 3.05. The maximum Gasteiger partial charge on any atom is 0.302 e. The molecular weight excluding hydrogens is 380 g/mol. The van der Waals surface area contributed by atoms with Gasteiger partial charge in [-0.3, -0.25) is 4.79 Å². The van der Waals surface area contributed by atoms with Gasteiger partial charge in [0.25, 0.3) is 0 Å². The third-order valence-electron chi connectivity index (χ3n) is 10.5. The summed E-state index contributed by atoms with van der Waals surface area (Å²) in [5.41, 5.74) is 4.66. The Morgan fingerprint density at radius 2 is 1.81 bits per heavy atom. The zero-order chi connectivity index (χ0) is 22.4. The lowest BCUT2D eigenvalue weighted by Crippen LogP contribution is -2.46. The highest BCUT2D eigenvalue weighted by Gasteiger charge is 2.56. The minimum absolute atomic E-state index is 0.0998. The summed E-state index contributed by atoms with van der Waals surface area (Å²) in [6, 6.07) is 0. The number of allylic oxidation sites excluding steroid dienone is 2. The van der Waals surface area contributed by atoms with Crippen LogP contribution in [-0.4, -0.2) is 12.1 Å². The second kappa shape index (κ2) is 8.86. The van der Waals surface area contributed by atoms with Gasteiger partial charge in [0.2, 0.25) is 0 Å². The van der Waals surface area contributed by atoms with E-state index in [-0.39, 0.29) is 12.1 Å². The maximum absolute atomic E-state index is 11.5. The topological polar surface area (TPSA) is 26.3 Å². The normalized spacial score (nSPS) is 40.9. The minimum atomic E-state index is -0.0998. The van der Waals surface area contributed by atoms with Crippen LogP contribution in [-0.2, 0) is 9.53 Å². The first-order valence-corrected chi connectivity index (χ1v) is 13.5. The van der Waals surface area contributed by atoms with Crippen LogP contribution < -0.4 is 0 Å². The third kappa shape index (κ3) is 4.26. The van der Waals surface area contributed by atoms with E-state index in [1.54, 1.807) is 6.92 Å². The molecule has 0 spiro atoms. The Hall–Kier alpha value is -0.790. The molecule has 0 amide bonds. The molecule has 4 rings (SSSR count). The van der Waals surface area contributed by atoms with Crippen LogP contribution in [0.25, 0.3) is 0 Å². The summed E-state index contributed by atoms with van der Waals surface area (Å²) in [4.78, 5) is 11.5. The van der Waals surface area contributed by atoms with Crippen LogP contribution in [0.2, 0.25) is 0 Å².